The number of hydrogen-bond donors (Lipinski definition) is 1. The SMILES string of the molecule is CCN(Cc1ccccc1)S(=O)(=O)N1CCC(N)C(C)(C)C1.Cl. The molecule has 2 rings (SSSR count). The fraction of sp³-hybridized carbons (Fsp3) is 0.625. The molecule has 1 heterocycles. The van der Waals surface area contributed by atoms with E-state index >= 15 is 0 Å². The first-order valence-electron chi connectivity index (χ1n) is 7.82. The van der Waals surface area contributed by atoms with Crippen molar-refractivity contribution >= 4 is 22.6 Å². The summed E-state index contributed by atoms with van der Waals surface area (Å²) < 4.78 is 29.0. The molecule has 1 fully saturated rings. The van der Waals surface area contributed by atoms with Crippen LogP contribution < -0.4 is 5.73 Å². The van der Waals surface area contributed by atoms with Gasteiger partial charge in [-0.2, -0.15) is 17.0 Å². The smallest absolute Gasteiger partial charge is 0.282 e. The molecule has 1 unspecified atom stereocenters. The van der Waals surface area contributed by atoms with Gasteiger partial charge in [-0.25, -0.2) is 0 Å². The standard InChI is InChI=1S/C16H27N3O2S.ClH/c1-4-18(12-14-8-6-5-7-9-14)22(20,21)19-11-10-15(17)16(2,3)13-19;/h5-9,15H,4,10-13,17H2,1-3H3;1H. The summed E-state index contributed by atoms with van der Waals surface area (Å²) >= 11 is 0. The average Bonchev–Trinajstić information content (AvgIpc) is 2.48. The zero-order valence-corrected chi connectivity index (χ0v) is 15.7. The Balaban J connectivity index is 0.00000264. The van der Waals surface area contributed by atoms with Gasteiger partial charge in [0.25, 0.3) is 10.2 Å². The first-order chi connectivity index (χ1) is 10.3. The Morgan fingerprint density at radius 1 is 1.30 bits per heavy atom. The second-order valence-corrected chi connectivity index (χ2v) is 8.57. The summed E-state index contributed by atoms with van der Waals surface area (Å²) in [7, 11) is -3.46. The molecule has 7 heteroatoms. The molecule has 1 saturated heterocycles. The van der Waals surface area contributed by atoms with Gasteiger partial charge in [0.1, 0.15) is 0 Å². The van der Waals surface area contributed by atoms with Crippen LogP contribution in [0.4, 0.5) is 0 Å². The maximum atomic E-state index is 12.9. The van der Waals surface area contributed by atoms with Gasteiger partial charge in [0.2, 0.25) is 0 Å². The Morgan fingerprint density at radius 3 is 2.43 bits per heavy atom. The number of halogens is 1. The van der Waals surface area contributed by atoms with Crippen molar-refractivity contribution in [2.45, 2.75) is 39.8 Å². The molecule has 0 radical (unpaired) electrons. The molecule has 0 amide bonds. The van der Waals surface area contributed by atoms with E-state index in [-0.39, 0.29) is 23.9 Å². The van der Waals surface area contributed by atoms with Crippen LogP contribution in [-0.2, 0) is 16.8 Å². The van der Waals surface area contributed by atoms with E-state index in [1.807, 2.05) is 51.1 Å². The molecule has 5 nitrogen and oxygen atoms in total. The number of hydrogen-bond acceptors (Lipinski definition) is 3. The Bertz CT molecular complexity index is 593. The van der Waals surface area contributed by atoms with Gasteiger partial charge in [0.05, 0.1) is 0 Å². The highest BCUT2D eigenvalue weighted by molar-refractivity contribution is 7.86. The molecule has 1 aromatic carbocycles. The normalized spacial score (nSPS) is 21.9. The minimum atomic E-state index is -3.46. The zero-order valence-electron chi connectivity index (χ0n) is 14.1. The monoisotopic (exact) mass is 361 g/mol. The van der Waals surface area contributed by atoms with Crippen LogP contribution in [0, 0.1) is 5.41 Å². The van der Waals surface area contributed by atoms with Crippen LogP contribution in [0.3, 0.4) is 0 Å². The molecule has 0 aliphatic carbocycles. The first kappa shape index (κ1) is 20.4. The highest BCUT2D eigenvalue weighted by atomic mass is 35.5. The molecule has 1 atom stereocenters. The maximum absolute atomic E-state index is 12.9. The van der Waals surface area contributed by atoms with E-state index in [0.717, 1.165) is 5.56 Å². The van der Waals surface area contributed by atoms with Crippen LogP contribution in [0.5, 0.6) is 0 Å². The second-order valence-electron chi connectivity index (χ2n) is 6.64. The van der Waals surface area contributed by atoms with Crippen LogP contribution in [0.2, 0.25) is 0 Å². The fourth-order valence-electron chi connectivity index (χ4n) is 2.83. The van der Waals surface area contributed by atoms with Gasteiger partial charge in [-0.05, 0) is 17.4 Å². The first-order valence-corrected chi connectivity index (χ1v) is 9.22. The van der Waals surface area contributed by atoms with Gasteiger partial charge in [0, 0.05) is 32.2 Å². The number of nitrogens with zero attached hydrogens (tertiary/aromatic N) is 2. The highest BCUT2D eigenvalue weighted by Gasteiger charge is 2.40. The Morgan fingerprint density at radius 2 is 1.91 bits per heavy atom. The number of piperidine rings is 1. The van der Waals surface area contributed by atoms with Crippen molar-refractivity contribution in [3.8, 4) is 0 Å². The van der Waals surface area contributed by atoms with Crippen molar-refractivity contribution in [3.05, 3.63) is 35.9 Å². The zero-order chi connectivity index (χ0) is 16.4. The van der Waals surface area contributed by atoms with E-state index in [1.165, 1.54) is 4.31 Å². The van der Waals surface area contributed by atoms with Gasteiger partial charge in [0.15, 0.2) is 0 Å². The lowest BCUT2D eigenvalue weighted by molar-refractivity contribution is 0.148. The summed E-state index contributed by atoms with van der Waals surface area (Å²) in [5, 5.41) is 0. The van der Waals surface area contributed by atoms with Crippen molar-refractivity contribution in [2.75, 3.05) is 19.6 Å². The molecular weight excluding hydrogens is 334 g/mol. The van der Waals surface area contributed by atoms with E-state index in [0.29, 0.717) is 32.6 Å². The molecule has 2 N–H and O–H groups in total. The molecule has 0 bridgehead atoms. The van der Waals surface area contributed by atoms with Crippen LogP contribution in [0.25, 0.3) is 0 Å². The quantitative estimate of drug-likeness (QED) is 0.874. The molecule has 0 aromatic heterocycles. The molecular formula is C16H28ClN3O2S. The third-order valence-corrected chi connectivity index (χ3v) is 6.49. The van der Waals surface area contributed by atoms with Crippen molar-refractivity contribution < 1.29 is 8.42 Å². The minimum absolute atomic E-state index is 0. The lowest BCUT2D eigenvalue weighted by Crippen LogP contribution is -2.56. The Labute approximate surface area is 146 Å². The second kappa shape index (κ2) is 7.94. The summed E-state index contributed by atoms with van der Waals surface area (Å²) in [6.07, 6.45) is 0.703. The summed E-state index contributed by atoms with van der Waals surface area (Å²) in [5.74, 6) is 0. The highest BCUT2D eigenvalue weighted by Crippen LogP contribution is 2.30. The third kappa shape index (κ3) is 4.67. The van der Waals surface area contributed by atoms with Crippen LogP contribution >= 0.6 is 12.4 Å². The number of rotatable bonds is 5. The summed E-state index contributed by atoms with van der Waals surface area (Å²) in [6, 6.07) is 9.74. The molecule has 1 aliphatic rings. The predicted octanol–water partition coefficient (Wildman–Crippen LogP) is 2.23. The third-order valence-electron chi connectivity index (χ3n) is 4.48. The van der Waals surface area contributed by atoms with Gasteiger partial charge in [-0.1, -0.05) is 51.1 Å². The van der Waals surface area contributed by atoms with Crippen molar-refractivity contribution in [1.82, 2.24) is 8.61 Å². The van der Waals surface area contributed by atoms with Gasteiger partial charge in [-0.15, -0.1) is 12.4 Å². The minimum Gasteiger partial charge on any atom is -0.327 e. The van der Waals surface area contributed by atoms with E-state index < -0.39 is 10.2 Å². The van der Waals surface area contributed by atoms with E-state index in [1.54, 1.807) is 4.31 Å². The molecule has 23 heavy (non-hydrogen) atoms. The molecule has 132 valence electrons. The molecule has 1 aliphatic heterocycles. The van der Waals surface area contributed by atoms with E-state index in [4.69, 9.17) is 5.73 Å². The summed E-state index contributed by atoms with van der Waals surface area (Å²) in [5.41, 5.74) is 6.92. The Hall–Kier alpha value is -0.660. The lowest BCUT2D eigenvalue weighted by Gasteiger charge is -2.43. The fourth-order valence-corrected chi connectivity index (χ4v) is 4.63. The van der Waals surface area contributed by atoms with Crippen molar-refractivity contribution in [1.29, 1.82) is 0 Å². The number of nitrogens with two attached hydrogens (primary N) is 1. The topological polar surface area (TPSA) is 66.6 Å². The largest absolute Gasteiger partial charge is 0.327 e. The van der Waals surface area contributed by atoms with E-state index in [9.17, 15) is 8.42 Å². The summed E-state index contributed by atoms with van der Waals surface area (Å²) in [4.78, 5) is 0. The average molecular weight is 362 g/mol. The van der Waals surface area contributed by atoms with Gasteiger partial charge >= 0.3 is 0 Å². The van der Waals surface area contributed by atoms with Gasteiger partial charge < -0.3 is 5.73 Å². The van der Waals surface area contributed by atoms with E-state index in [2.05, 4.69) is 0 Å². The van der Waals surface area contributed by atoms with Crippen LogP contribution in [0.1, 0.15) is 32.8 Å². The number of benzene rings is 1. The molecule has 0 spiro atoms. The predicted molar refractivity (Wildman–Crippen MR) is 96.6 cm³/mol. The maximum Gasteiger partial charge on any atom is 0.282 e. The molecule has 0 saturated carbocycles. The molecule has 1 aromatic rings. The Kier molecular flexibility index (Phi) is 7.04. The van der Waals surface area contributed by atoms with Gasteiger partial charge in [-0.3, -0.25) is 0 Å². The van der Waals surface area contributed by atoms with Crippen LogP contribution in [-0.4, -0.2) is 42.7 Å². The van der Waals surface area contributed by atoms with Crippen molar-refractivity contribution in [2.24, 2.45) is 11.1 Å². The van der Waals surface area contributed by atoms with Crippen LogP contribution in [0.15, 0.2) is 30.3 Å². The lowest BCUT2D eigenvalue weighted by atomic mass is 9.81. The van der Waals surface area contributed by atoms with Crippen molar-refractivity contribution in [3.63, 3.8) is 0 Å². The summed E-state index contributed by atoms with van der Waals surface area (Å²) in [6.45, 7) is 7.78.